The van der Waals surface area contributed by atoms with Crippen LogP contribution in [0.3, 0.4) is 0 Å². The average molecular weight is 431 g/mol. The summed E-state index contributed by atoms with van der Waals surface area (Å²) in [6, 6.07) is 13.2. The molecule has 3 aromatic rings. The van der Waals surface area contributed by atoms with Gasteiger partial charge in [-0.3, -0.25) is 4.79 Å². The molecule has 0 fully saturated rings. The number of rotatable bonds is 7. The summed E-state index contributed by atoms with van der Waals surface area (Å²) in [5.41, 5.74) is 2.06. The van der Waals surface area contributed by atoms with E-state index < -0.39 is 9.84 Å². The van der Waals surface area contributed by atoms with E-state index in [-0.39, 0.29) is 23.5 Å². The number of benzene rings is 2. The van der Waals surface area contributed by atoms with Crippen LogP contribution in [0.1, 0.15) is 39.6 Å². The highest BCUT2D eigenvalue weighted by Crippen LogP contribution is 2.22. The average Bonchev–Trinajstić information content (AvgIpc) is 3.11. The zero-order chi connectivity index (χ0) is 21.0. The molecule has 0 aliphatic heterocycles. The molecule has 0 saturated heterocycles. The van der Waals surface area contributed by atoms with Gasteiger partial charge in [-0.2, -0.15) is 0 Å². The molecule has 0 radical (unpaired) electrons. The molecule has 0 bridgehead atoms. The van der Waals surface area contributed by atoms with E-state index in [1.54, 1.807) is 53.8 Å². The molecule has 6 nitrogen and oxygen atoms in total. The molecule has 1 heterocycles. The smallest absolute Gasteiger partial charge is 0.255 e. The monoisotopic (exact) mass is 430 g/mol. The zero-order valence-corrected chi connectivity index (χ0v) is 18.0. The third-order valence-corrected chi connectivity index (χ3v) is 6.28. The SMILES string of the molecule is Cc1nc(COc2ccccc2C(=O)N[C@H](C)c2ccc(S(C)(=O)=O)cc2)cs1. The summed E-state index contributed by atoms with van der Waals surface area (Å²) in [4.78, 5) is 17.4. The normalized spacial score (nSPS) is 12.4. The Bertz CT molecular complexity index is 1110. The van der Waals surface area contributed by atoms with Crippen LogP contribution in [0.4, 0.5) is 0 Å². The summed E-state index contributed by atoms with van der Waals surface area (Å²) in [6.07, 6.45) is 1.16. The Morgan fingerprint density at radius 1 is 1.17 bits per heavy atom. The van der Waals surface area contributed by atoms with Crippen LogP contribution in [0.15, 0.2) is 58.8 Å². The highest BCUT2D eigenvalue weighted by molar-refractivity contribution is 7.90. The highest BCUT2D eigenvalue weighted by atomic mass is 32.2. The van der Waals surface area contributed by atoms with Crippen LogP contribution in [0.2, 0.25) is 0 Å². The number of aryl methyl sites for hydroxylation is 1. The molecule has 1 atom stereocenters. The van der Waals surface area contributed by atoms with E-state index >= 15 is 0 Å². The molecule has 152 valence electrons. The molecular formula is C21H22N2O4S2. The minimum Gasteiger partial charge on any atom is -0.486 e. The standard InChI is InChI=1S/C21H22N2O4S2/c1-14(16-8-10-18(11-9-16)29(3,25)26)22-21(24)19-6-4-5-7-20(19)27-12-17-13-28-15(2)23-17/h4-11,13-14H,12H2,1-3H3,(H,22,24)/t14-/m1/s1. The van der Waals surface area contributed by atoms with Gasteiger partial charge in [0.25, 0.3) is 5.91 Å². The number of ether oxygens (including phenoxy) is 1. The van der Waals surface area contributed by atoms with Gasteiger partial charge >= 0.3 is 0 Å². The van der Waals surface area contributed by atoms with Crippen LogP contribution in [0.25, 0.3) is 0 Å². The lowest BCUT2D eigenvalue weighted by Gasteiger charge is -2.16. The van der Waals surface area contributed by atoms with Gasteiger partial charge in [0, 0.05) is 11.6 Å². The van der Waals surface area contributed by atoms with E-state index in [9.17, 15) is 13.2 Å². The quantitative estimate of drug-likeness (QED) is 0.614. The van der Waals surface area contributed by atoms with Gasteiger partial charge in [-0.1, -0.05) is 24.3 Å². The van der Waals surface area contributed by atoms with E-state index in [4.69, 9.17) is 4.74 Å². The van der Waals surface area contributed by atoms with Crippen LogP contribution in [-0.4, -0.2) is 25.6 Å². The van der Waals surface area contributed by atoms with Crippen LogP contribution in [0, 0.1) is 6.92 Å². The van der Waals surface area contributed by atoms with Gasteiger partial charge in [-0.05, 0) is 43.7 Å². The molecule has 0 aliphatic rings. The summed E-state index contributed by atoms with van der Waals surface area (Å²) >= 11 is 1.55. The molecule has 0 saturated carbocycles. The first-order valence-electron chi connectivity index (χ1n) is 8.98. The summed E-state index contributed by atoms with van der Waals surface area (Å²) in [7, 11) is -3.25. The first-order chi connectivity index (χ1) is 13.7. The second kappa shape index (κ2) is 8.75. The molecule has 2 aromatic carbocycles. The van der Waals surface area contributed by atoms with Crippen LogP contribution in [0.5, 0.6) is 5.75 Å². The van der Waals surface area contributed by atoms with Gasteiger partial charge in [0.1, 0.15) is 12.4 Å². The Hall–Kier alpha value is -2.71. The fraction of sp³-hybridized carbons (Fsp3) is 0.238. The molecule has 0 spiro atoms. The second-order valence-electron chi connectivity index (χ2n) is 6.68. The lowest BCUT2D eigenvalue weighted by molar-refractivity contribution is 0.0935. The number of para-hydroxylation sites is 1. The molecule has 1 aromatic heterocycles. The third-order valence-electron chi connectivity index (χ3n) is 4.33. The van der Waals surface area contributed by atoms with Crippen molar-refractivity contribution in [3.8, 4) is 5.75 Å². The van der Waals surface area contributed by atoms with Crippen molar-refractivity contribution < 1.29 is 17.9 Å². The van der Waals surface area contributed by atoms with Crippen molar-refractivity contribution in [2.75, 3.05) is 6.26 Å². The maximum Gasteiger partial charge on any atom is 0.255 e. The topological polar surface area (TPSA) is 85.4 Å². The Morgan fingerprint density at radius 2 is 1.86 bits per heavy atom. The van der Waals surface area contributed by atoms with Gasteiger partial charge in [0.05, 0.1) is 27.2 Å². The van der Waals surface area contributed by atoms with Crippen LogP contribution < -0.4 is 10.1 Å². The highest BCUT2D eigenvalue weighted by Gasteiger charge is 2.16. The summed E-state index contributed by atoms with van der Waals surface area (Å²) in [6.45, 7) is 4.06. The first kappa shape index (κ1) is 21.0. The van der Waals surface area contributed by atoms with Gasteiger partial charge in [-0.25, -0.2) is 13.4 Å². The number of carbonyl (C=O) groups is 1. The minimum atomic E-state index is -3.25. The molecule has 29 heavy (non-hydrogen) atoms. The maximum atomic E-state index is 12.8. The van der Waals surface area contributed by atoms with Gasteiger partial charge in [-0.15, -0.1) is 11.3 Å². The Labute approximate surface area is 174 Å². The van der Waals surface area contributed by atoms with Crippen molar-refractivity contribution in [1.82, 2.24) is 10.3 Å². The van der Waals surface area contributed by atoms with Gasteiger partial charge in [0.2, 0.25) is 0 Å². The number of thiazole rings is 1. The zero-order valence-electron chi connectivity index (χ0n) is 16.4. The van der Waals surface area contributed by atoms with Crippen LogP contribution in [-0.2, 0) is 16.4 Å². The number of nitrogens with zero attached hydrogens (tertiary/aromatic N) is 1. The molecule has 0 unspecified atom stereocenters. The van der Waals surface area contributed by atoms with Crippen molar-refractivity contribution in [2.24, 2.45) is 0 Å². The number of nitrogens with one attached hydrogen (secondary N) is 1. The third kappa shape index (κ3) is 5.42. The maximum absolute atomic E-state index is 12.8. The van der Waals surface area contributed by atoms with Gasteiger partial charge in [0.15, 0.2) is 9.84 Å². The number of hydrogen-bond donors (Lipinski definition) is 1. The Morgan fingerprint density at radius 3 is 2.48 bits per heavy atom. The van der Waals surface area contributed by atoms with E-state index in [1.807, 2.05) is 25.3 Å². The number of sulfone groups is 1. The van der Waals surface area contributed by atoms with Crippen molar-refractivity contribution in [3.05, 3.63) is 75.7 Å². The van der Waals surface area contributed by atoms with E-state index in [0.717, 1.165) is 22.5 Å². The summed E-state index contributed by atoms with van der Waals surface area (Å²) in [5.74, 6) is 0.213. The Balaban J connectivity index is 1.70. The van der Waals surface area contributed by atoms with Gasteiger partial charge < -0.3 is 10.1 Å². The lowest BCUT2D eigenvalue weighted by atomic mass is 10.1. The number of hydrogen-bond acceptors (Lipinski definition) is 6. The van der Waals surface area contributed by atoms with E-state index in [2.05, 4.69) is 10.3 Å². The molecular weight excluding hydrogens is 408 g/mol. The predicted molar refractivity (Wildman–Crippen MR) is 113 cm³/mol. The lowest BCUT2D eigenvalue weighted by Crippen LogP contribution is -2.27. The number of carbonyl (C=O) groups excluding carboxylic acids is 1. The Kier molecular flexibility index (Phi) is 6.34. The molecule has 1 N–H and O–H groups in total. The van der Waals surface area contributed by atoms with E-state index in [1.165, 1.54) is 0 Å². The molecule has 1 amide bonds. The fourth-order valence-corrected chi connectivity index (χ4v) is 4.00. The van der Waals surface area contributed by atoms with Crippen molar-refractivity contribution in [2.45, 2.75) is 31.4 Å². The molecule has 3 rings (SSSR count). The number of aromatic nitrogens is 1. The fourth-order valence-electron chi connectivity index (χ4n) is 2.77. The first-order valence-corrected chi connectivity index (χ1v) is 11.7. The largest absolute Gasteiger partial charge is 0.486 e. The van der Waals surface area contributed by atoms with Crippen molar-refractivity contribution in [1.29, 1.82) is 0 Å². The molecule has 8 heteroatoms. The number of amides is 1. The minimum absolute atomic E-state index is 0.246. The van der Waals surface area contributed by atoms with Crippen LogP contribution >= 0.6 is 11.3 Å². The second-order valence-corrected chi connectivity index (χ2v) is 9.76. The molecule has 0 aliphatic carbocycles. The predicted octanol–water partition coefficient (Wildman–Crippen LogP) is 3.93. The summed E-state index contributed by atoms with van der Waals surface area (Å²) in [5, 5.41) is 5.83. The van der Waals surface area contributed by atoms with Crippen molar-refractivity contribution >= 4 is 27.1 Å². The van der Waals surface area contributed by atoms with Crippen molar-refractivity contribution in [3.63, 3.8) is 0 Å². The van der Waals surface area contributed by atoms with E-state index in [0.29, 0.717) is 11.3 Å². The summed E-state index contributed by atoms with van der Waals surface area (Å²) < 4.78 is 29.0.